The molecule has 1 N–H and O–H groups in total. The molecule has 0 aliphatic carbocycles. The number of aryl methyl sites for hydroxylation is 2. The molecule has 190 valence electrons. The molecule has 1 fully saturated rings. The number of amides is 2. The Hall–Kier alpha value is -3.14. The van der Waals surface area contributed by atoms with Gasteiger partial charge in [-0.2, -0.15) is 0 Å². The fourth-order valence-corrected chi connectivity index (χ4v) is 5.82. The zero-order valence-electron chi connectivity index (χ0n) is 20.5. The highest BCUT2D eigenvalue weighted by Crippen LogP contribution is 2.35. The van der Waals surface area contributed by atoms with Gasteiger partial charge in [0, 0.05) is 10.2 Å². The van der Waals surface area contributed by atoms with Crippen molar-refractivity contribution in [2.75, 3.05) is 19.0 Å². The number of carbonyl (C=O) groups is 2. The van der Waals surface area contributed by atoms with Gasteiger partial charge in [0.1, 0.15) is 4.32 Å². The minimum atomic E-state index is -0.276. The molecule has 6 nitrogen and oxygen atoms in total. The normalized spacial score (nSPS) is 14.3. The molecule has 1 heterocycles. The fraction of sp³-hybridized carbons (Fsp3) is 0.179. The first-order valence-electron chi connectivity index (χ1n) is 11.4. The molecule has 0 radical (unpaired) electrons. The van der Waals surface area contributed by atoms with E-state index in [1.54, 1.807) is 23.1 Å². The number of thioether (sulfide) groups is 1. The molecular formula is C28H25BrN2O4S2. The van der Waals surface area contributed by atoms with Gasteiger partial charge in [0.05, 0.1) is 18.6 Å². The van der Waals surface area contributed by atoms with Crippen LogP contribution in [0.5, 0.6) is 11.5 Å². The number of nitrogens with one attached hydrogen (secondary N) is 1. The molecule has 1 saturated heterocycles. The van der Waals surface area contributed by atoms with Crippen LogP contribution in [0, 0.1) is 13.8 Å². The maximum Gasteiger partial charge on any atom is 0.266 e. The SMILES string of the molecule is COc1cc(/C=C2\SC(=S)N(Cc3ccccc3)C2=O)ccc1OCC(=O)Nc1c(C)cc(Br)cc1C. The van der Waals surface area contributed by atoms with Crippen LogP contribution in [0.1, 0.15) is 22.3 Å². The highest BCUT2D eigenvalue weighted by Gasteiger charge is 2.32. The summed E-state index contributed by atoms with van der Waals surface area (Å²) >= 11 is 10.2. The number of rotatable bonds is 8. The van der Waals surface area contributed by atoms with Crippen molar-refractivity contribution in [1.29, 1.82) is 0 Å². The number of hydrogen-bond acceptors (Lipinski definition) is 6. The average Bonchev–Trinajstić information content (AvgIpc) is 3.13. The molecule has 9 heteroatoms. The Labute approximate surface area is 234 Å². The van der Waals surface area contributed by atoms with E-state index in [9.17, 15) is 9.59 Å². The Kier molecular flexibility index (Phi) is 8.68. The van der Waals surface area contributed by atoms with E-state index in [0.717, 1.165) is 32.4 Å². The number of ether oxygens (including phenoxy) is 2. The van der Waals surface area contributed by atoms with Gasteiger partial charge in [-0.15, -0.1) is 0 Å². The Morgan fingerprint density at radius 2 is 1.78 bits per heavy atom. The third-order valence-corrected chi connectivity index (χ3v) is 7.50. The van der Waals surface area contributed by atoms with Crippen molar-refractivity contribution in [3.05, 3.63) is 92.3 Å². The lowest BCUT2D eigenvalue weighted by Gasteiger charge is -2.14. The van der Waals surface area contributed by atoms with Crippen molar-refractivity contribution in [3.63, 3.8) is 0 Å². The monoisotopic (exact) mass is 596 g/mol. The standard InChI is InChI=1S/C28H25BrN2O4S2/c1-17-11-21(29)12-18(2)26(17)30-25(32)16-35-22-10-9-20(13-23(22)34-3)14-24-27(33)31(28(36)37-24)15-19-7-5-4-6-8-19/h4-14H,15-16H2,1-3H3,(H,30,32)/b24-14-. The first-order valence-corrected chi connectivity index (χ1v) is 13.4. The van der Waals surface area contributed by atoms with Crippen LogP contribution in [0.3, 0.4) is 0 Å². The summed E-state index contributed by atoms with van der Waals surface area (Å²) in [5.41, 5.74) is 4.45. The number of methoxy groups -OCH3 is 1. The van der Waals surface area contributed by atoms with Gasteiger partial charge in [-0.25, -0.2) is 0 Å². The molecule has 37 heavy (non-hydrogen) atoms. The van der Waals surface area contributed by atoms with Crippen LogP contribution in [-0.4, -0.2) is 34.8 Å². The lowest BCUT2D eigenvalue weighted by molar-refractivity contribution is -0.122. The molecule has 4 rings (SSSR count). The van der Waals surface area contributed by atoms with Crippen LogP contribution in [-0.2, 0) is 16.1 Å². The summed E-state index contributed by atoms with van der Waals surface area (Å²) in [6.45, 7) is 4.13. The Morgan fingerprint density at radius 1 is 1.08 bits per heavy atom. The molecule has 3 aromatic carbocycles. The smallest absolute Gasteiger partial charge is 0.266 e. The maximum absolute atomic E-state index is 13.0. The molecule has 2 amide bonds. The Bertz CT molecular complexity index is 1370. The van der Waals surface area contributed by atoms with Crippen molar-refractivity contribution in [2.24, 2.45) is 0 Å². The molecule has 0 atom stereocenters. The molecule has 1 aliphatic rings. The quantitative estimate of drug-likeness (QED) is 0.237. The summed E-state index contributed by atoms with van der Waals surface area (Å²) in [6.07, 6.45) is 1.78. The van der Waals surface area contributed by atoms with E-state index in [1.165, 1.54) is 18.9 Å². The molecule has 0 aromatic heterocycles. The Balaban J connectivity index is 1.42. The van der Waals surface area contributed by atoms with Gasteiger partial charge in [-0.05, 0) is 66.4 Å². The van der Waals surface area contributed by atoms with Gasteiger partial charge < -0.3 is 14.8 Å². The van der Waals surface area contributed by atoms with Gasteiger partial charge in [-0.3, -0.25) is 14.5 Å². The third-order valence-electron chi connectivity index (χ3n) is 5.66. The zero-order chi connectivity index (χ0) is 26.5. The van der Waals surface area contributed by atoms with E-state index in [2.05, 4.69) is 21.2 Å². The number of anilines is 1. The first kappa shape index (κ1) is 26.9. The van der Waals surface area contributed by atoms with Crippen LogP contribution in [0.25, 0.3) is 6.08 Å². The van der Waals surface area contributed by atoms with Crippen molar-refractivity contribution < 1.29 is 19.1 Å². The number of hydrogen-bond donors (Lipinski definition) is 1. The van der Waals surface area contributed by atoms with E-state index in [1.807, 2.05) is 62.4 Å². The maximum atomic E-state index is 13.0. The number of nitrogens with zero attached hydrogens (tertiary/aromatic N) is 1. The van der Waals surface area contributed by atoms with E-state index in [4.69, 9.17) is 21.7 Å². The second kappa shape index (κ2) is 11.9. The summed E-state index contributed by atoms with van der Waals surface area (Å²) in [5.74, 6) is 0.475. The van der Waals surface area contributed by atoms with Gasteiger partial charge >= 0.3 is 0 Å². The number of halogens is 1. The second-order valence-corrected chi connectivity index (χ2v) is 11.0. The van der Waals surface area contributed by atoms with E-state index < -0.39 is 0 Å². The van der Waals surface area contributed by atoms with Gasteiger partial charge in [0.2, 0.25) is 0 Å². The largest absolute Gasteiger partial charge is 0.493 e. The summed E-state index contributed by atoms with van der Waals surface area (Å²) < 4.78 is 12.7. The molecule has 0 spiro atoms. The van der Waals surface area contributed by atoms with Crippen LogP contribution in [0.4, 0.5) is 5.69 Å². The van der Waals surface area contributed by atoms with E-state index in [-0.39, 0.29) is 18.4 Å². The molecule has 0 saturated carbocycles. The fourth-order valence-electron chi connectivity index (χ4n) is 3.87. The summed E-state index contributed by atoms with van der Waals surface area (Å²) in [5, 5.41) is 2.91. The highest BCUT2D eigenvalue weighted by molar-refractivity contribution is 9.10. The van der Waals surface area contributed by atoms with Crippen molar-refractivity contribution in [2.45, 2.75) is 20.4 Å². The zero-order valence-corrected chi connectivity index (χ0v) is 23.8. The topological polar surface area (TPSA) is 67.9 Å². The van der Waals surface area contributed by atoms with Gasteiger partial charge in [0.25, 0.3) is 11.8 Å². The average molecular weight is 598 g/mol. The summed E-state index contributed by atoms with van der Waals surface area (Å²) in [4.78, 5) is 27.7. The number of benzene rings is 3. The number of thiocarbonyl (C=S) groups is 1. The molecular weight excluding hydrogens is 572 g/mol. The van der Waals surface area contributed by atoms with Gasteiger partial charge in [0.15, 0.2) is 18.1 Å². The lowest BCUT2D eigenvalue weighted by atomic mass is 10.1. The lowest BCUT2D eigenvalue weighted by Crippen LogP contribution is -2.27. The minimum Gasteiger partial charge on any atom is -0.493 e. The predicted octanol–water partition coefficient (Wildman–Crippen LogP) is 6.49. The summed E-state index contributed by atoms with van der Waals surface area (Å²) in [6, 6.07) is 18.9. The van der Waals surface area contributed by atoms with E-state index in [0.29, 0.717) is 27.3 Å². The molecule has 3 aromatic rings. The van der Waals surface area contributed by atoms with Crippen LogP contribution in [0.2, 0.25) is 0 Å². The van der Waals surface area contributed by atoms with Crippen molar-refractivity contribution >= 4 is 67.8 Å². The highest BCUT2D eigenvalue weighted by atomic mass is 79.9. The third kappa shape index (κ3) is 6.60. The predicted molar refractivity (Wildman–Crippen MR) is 156 cm³/mol. The Morgan fingerprint density at radius 3 is 2.46 bits per heavy atom. The van der Waals surface area contributed by atoms with Crippen LogP contribution in [0.15, 0.2) is 70.0 Å². The van der Waals surface area contributed by atoms with Crippen LogP contribution >= 0.6 is 39.9 Å². The minimum absolute atomic E-state index is 0.131. The molecule has 0 bridgehead atoms. The van der Waals surface area contributed by atoms with Crippen molar-refractivity contribution in [3.8, 4) is 11.5 Å². The first-order chi connectivity index (χ1) is 17.7. The molecule has 1 aliphatic heterocycles. The number of carbonyl (C=O) groups excluding carboxylic acids is 2. The van der Waals surface area contributed by atoms with Crippen LogP contribution < -0.4 is 14.8 Å². The van der Waals surface area contributed by atoms with Crippen molar-refractivity contribution in [1.82, 2.24) is 4.90 Å². The van der Waals surface area contributed by atoms with Gasteiger partial charge in [-0.1, -0.05) is 76.3 Å². The second-order valence-electron chi connectivity index (χ2n) is 8.42. The summed E-state index contributed by atoms with van der Waals surface area (Å²) in [7, 11) is 1.53. The van der Waals surface area contributed by atoms with E-state index >= 15 is 0 Å². The molecule has 0 unspecified atom stereocenters.